The number of carbonyl (C=O) groups excluding carboxylic acids is 1. The molecule has 108 valence electrons. The van der Waals surface area contributed by atoms with Gasteiger partial charge in [-0.25, -0.2) is 9.59 Å². The predicted molar refractivity (Wildman–Crippen MR) is 77.0 cm³/mol. The number of nitrogens with zero attached hydrogens (tertiary/aromatic N) is 2. The van der Waals surface area contributed by atoms with Gasteiger partial charge < -0.3 is 10.0 Å². The molecule has 20 heavy (non-hydrogen) atoms. The van der Waals surface area contributed by atoms with Crippen molar-refractivity contribution in [1.29, 1.82) is 0 Å². The van der Waals surface area contributed by atoms with Crippen LogP contribution in [0.15, 0.2) is 24.3 Å². The Hall–Kier alpha value is -2.04. The van der Waals surface area contributed by atoms with Gasteiger partial charge in [0.2, 0.25) is 0 Å². The van der Waals surface area contributed by atoms with Gasteiger partial charge >= 0.3 is 12.0 Å². The summed E-state index contributed by atoms with van der Waals surface area (Å²) in [5.41, 5.74) is 1.99. The standard InChI is InChI=1S/C15H20N2O3/c1-3-11-6-8-12(9-7-11)16(2)15(20)17-10-4-5-13(17)14(18)19/h6-9,13H,3-5,10H2,1-2H3,(H,18,19)/t13-/m1/s1. The van der Waals surface area contributed by atoms with Crippen LogP contribution in [0.25, 0.3) is 0 Å². The number of aliphatic carboxylic acids is 1. The van der Waals surface area contributed by atoms with E-state index in [4.69, 9.17) is 5.11 Å². The van der Waals surface area contributed by atoms with E-state index in [2.05, 4.69) is 6.92 Å². The van der Waals surface area contributed by atoms with Crippen LogP contribution in [0.5, 0.6) is 0 Å². The molecule has 0 bridgehead atoms. The third kappa shape index (κ3) is 2.76. The summed E-state index contributed by atoms with van der Waals surface area (Å²) in [6.07, 6.45) is 2.22. The summed E-state index contributed by atoms with van der Waals surface area (Å²) in [7, 11) is 1.68. The zero-order valence-electron chi connectivity index (χ0n) is 11.9. The van der Waals surface area contributed by atoms with Crippen molar-refractivity contribution in [3.63, 3.8) is 0 Å². The Morgan fingerprint density at radius 3 is 2.55 bits per heavy atom. The number of aryl methyl sites for hydroxylation is 1. The van der Waals surface area contributed by atoms with E-state index in [1.165, 1.54) is 15.4 Å². The van der Waals surface area contributed by atoms with Crippen LogP contribution in [0.4, 0.5) is 10.5 Å². The van der Waals surface area contributed by atoms with E-state index in [1.807, 2.05) is 24.3 Å². The Labute approximate surface area is 118 Å². The van der Waals surface area contributed by atoms with Crippen molar-refractivity contribution in [3.8, 4) is 0 Å². The molecule has 1 saturated heterocycles. The molecule has 0 aromatic heterocycles. The quantitative estimate of drug-likeness (QED) is 0.922. The van der Waals surface area contributed by atoms with E-state index in [0.29, 0.717) is 13.0 Å². The normalized spacial score (nSPS) is 18.1. The van der Waals surface area contributed by atoms with Gasteiger partial charge in [0.25, 0.3) is 0 Å². The molecule has 0 spiro atoms. The molecule has 2 rings (SSSR count). The van der Waals surface area contributed by atoms with Crippen LogP contribution in [-0.4, -0.2) is 41.6 Å². The lowest BCUT2D eigenvalue weighted by atomic mass is 10.1. The van der Waals surface area contributed by atoms with Gasteiger partial charge in [-0.1, -0.05) is 19.1 Å². The van der Waals surface area contributed by atoms with Gasteiger partial charge in [-0.2, -0.15) is 0 Å². The van der Waals surface area contributed by atoms with Gasteiger partial charge in [0.05, 0.1) is 0 Å². The number of carboxylic acid groups (broad SMARTS) is 1. The SMILES string of the molecule is CCc1ccc(N(C)C(=O)N2CCC[C@@H]2C(=O)O)cc1. The van der Waals surface area contributed by atoms with Crippen molar-refractivity contribution in [2.75, 3.05) is 18.5 Å². The Balaban J connectivity index is 2.13. The molecule has 1 aromatic carbocycles. The smallest absolute Gasteiger partial charge is 0.326 e. The average molecular weight is 276 g/mol. The molecule has 0 saturated carbocycles. The molecular formula is C15H20N2O3. The van der Waals surface area contributed by atoms with Crippen molar-refractivity contribution in [2.45, 2.75) is 32.2 Å². The third-order valence-electron chi connectivity index (χ3n) is 3.80. The predicted octanol–water partition coefficient (Wildman–Crippen LogP) is 2.35. The van der Waals surface area contributed by atoms with Crippen molar-refractivity contribution in [3.05, 3.63) is 29.8 Å². The molecule has 5 nitrogen and oxygen atoms in total. The zero-order chi connectivity index (χ0) is 14.7. The van der Waals surface area contributed by atoms with E-state index in [1.54, 1.807) is 7.05 Å². The van der Waals surface area contributed by atoms with E-state index in [0.717, 1.165) is 18.5 Å². The Bertz CT molecular complexity index is 498. The number of likely N-dealkylation sites (tertiary alicyclic amines) is 1. The Kier molecular flexibility index (Phi) is 4.27. The molecule has 1 aromatic rings. The summed E-state index contributed by atoms with van der Waals surface area (Å²) in [5.74, 6) is -0.925. The van der Waals surface area contributed by atoms with E-state index < -0.39 is 12.0 Å². The van der Waals surface area contributed by atoms with Crippen LogP contribution < -0.4 is 4.90 Å². The Morgan fingerprint density at radius 2 is 2.00 bits per heavy atom. The summed E-state index contributed by atoms with van der Waals surface area (Å²) >= 11 is 0. The second-order valence-corrected chi connectivity index (χ2v) is 5.05. The summed E-state index contributed by atoms with van der Waals surface area (Å²) < 4.78 is 0. The van der Waals surface area contributed by atoms with Gasteiger partial charge in [0.15, 0.2) is 0 Å². The second-order valence-electron chi connectivity index (χ2n) is 5.05. The molecular weight excluding hydrogens is 256 g/mol. The molecule has 1 fully saturated rings. The van der Waals surface area contributed by atoms with Crippen LogP contribution in [0.2, 0.25) is 0 Å². The minimum absolute atomic E-state index is 0.251. The topological polar surface area (TPSA) is 60.9 Å². The fourth-order valence-electron chi connectivity index (χ4n) is 2.51. The van der Waals surface area contributed by atoms with Crippen molar-refractivity contribution < 1.29 is 14.7 Å². The lowest BCUT2D eigenvalue weighted by Crippen LogP contribution is -2.46. The summed E-state index contributed by atoms with van der Waals surface area (Å²) in [4.78, 5) is 26.5. The van der Waals surface area contributed by atoms with Gasteiger partial charge in [-0.15, -0.1) is 0 Å². The third-order valence-corrected chi connectivity index (χ3v) is 3.80. The van der Waals surface area contributed by atoms with Gasteiger partial charge in [0, 0.05) is 19.3 Å². The highest BCUT2D eigenvalue weighted by atomic mass is 16.4. The number of carbonyl (C=O) groups is 2. The number of amides is 2. The monoisotopic (exact) mass is 276 g/mol. The maximum Gasteiger partial charge on any atom is 0.326 e. The van der Waals surface area contributed by atoms with Crippen molar-refractivity contribution >= 4 is 17.7 Å². The molecule has 0 radical (unpaired) electrons. The van der Waals surface area contributed by atoms with Crippen molar-refractivity contribution in [2.24, 2.45) is 0 Å². The number of urea groups is 1. The van der Waals surface area contributed by atoms with Crippen LogP contribution in [0.1, 0.15) is 25.3 Å². The maximum atomic E-state index is 12.4. The number of carboxylic acids is 1. The largest absolute Gasteiger partial charge is 0.480 e. The first-order valence-corrected chi connectivity index (χ1v) is 6.90. The Morgan fingerprint density at radius 1 is 1.35 bits per heavy atom. The van der Waals surface area contributed by atoms with E-state index in [-0.39, 0.29) is 6.03 Å². The lowest BCUT2D eigenvalue weighted by Gasteiger charge is -2.27. The number of benzene rings is 1. The average Bonchev–Trinajstić information content (AvgIpc) is 2.95. The molecule has 1 heterocycles. The highest BCUT2D eigenvalue weighted by molar-refractivity contribution is 5.94. The number of rotatable bonds is 3. The van der Waals surface area contributed by atoms with Crippen LogP contribution in [0.3, 0.4) is 0 Å². The second kappa shape index (κ2) is 5.94. The van der Waals surface area contributed by atoms with E-state index in [9.17, 15) is 9.59 Å². The molecule has 1 N–H and O–H groups in total. The first-order valence-electron chi connectivity index (χ1n) is 6.90. The highest BCUT2D eigenvalue weighted by Crippen LogP contribution is 2.22. The summed E-state index contributed by atoms with van der Waals surface area (Å²) in [6.45, 7) is 2.58. The first-order chi connectivity index (χ1) is 9.54. The molecule has 1 aliphatic heterocycles. The molecule has 0 aliphatic carbocycles. The molecule has 1 atom stereocenters. The van der Waals surface area contributed by atoms with E-state index >= 15 is 0 Å². The van der Waals surface area contributed by atoms with Crippen molar-refractivity contribution in [1.82, 2.24) is 4.90 Å². The maximum absolute atomic E-state index is 12.4. The summed E-state index contributed by atoms with van der Waals surface area (Å²) in [6, 6.07) is 6.81. The van der Waals surface area contributed by atoms with Crippen LogP contribution in [-0.2, 0) is 11.2 Å². The first kappa shape index (κ1) is 14.4. The fourth-order valence-corrected chi connectivity index (χ4v) is 2.51. The van der Waals surface area contributed by atoms with Crippen LogP contribution >= 0.6 is 0 Å². The molecule has 1 aliphatic rings. The molecule has 0 unspecified atom stereocenters. The van der Waals surface area contributed by atoms with Gasteiger partial charge in [-0.3, -0.25) is 4.90 Å². The van der Waals surface area contributed by atoms with Gasteiger partial charge in [-0.05, 0) is 37.0 Å². The number of hydrogen-bond acceptors (Lipinski definition) is 2. The highest BCUT2D eigenvalue weighted by Gasteiger charge is 2.35. The van der Waals surface area contributed by atoms with Crippen LogP contribution in [0, 0.1) is 0 Å². The molecule has 5 heteroatoms. The number of hydrogen-bond donors (Lipinski definition) is 1. The minimum Gasteiger partial charge on any atom is -0.480 e. The molecule has 2 amide bonds. The fraction of sp³-hybridized carbons (Fsp3) is 0.467. The number of anilines is 1. The minimum atomic E-state index is -0.925. The zero-order valence-corrected chi connectivity index (χ0v) is 11.9. The van der Waals surface area contributed by atoms with Gasteiger partial charge in [0.1, 0.15) is 6.04 Å². The summed E-state index contributed by atoms with van der Waals surface area (Å²) in [5, 5.41) is 9.14. The lowest BCUT2D eigenvalue weighted by molar-refractivity contribution is -0.141.